The third kappa shape index (κ3) is 3.33. The molecule has 1 aromatic carbocycles. The lowest BCUT2D eigenvalue weighted by Crippen LogP contribution is -2.45. The highest BCUT2D eigenvalue weighted by molar-refractivity contribution is 5.14. The summed E-state index contributed by atoms with van der Waals surface area (Å²) in [6.45, 7) is 3.19. The molecule has 2 heteroatoms. The summed E-state index contributed by atoms with van der Waals surface area (Å²) >= 11 is 0. The Balaban J connectivity index is 1.96. The first kappa shape index (κ1) is 13.6. The summed E-state index contributed by atoms with van der Waals surface area (Å²) in [7, 11) is 2.14. The van der Waals surface area contributed by atoms with E-state index in [9.17, 15) is 5.11 Å². The largest absolute Gasteiger partial charge is 0.391 e. The van der Waals surface area contributed by atoms with Crippen LogP contribution in [0.25, 0.3) is 0 Å². The molecule has 100 valence electrons. The van der Waals surface area contributed by atoms with E-state index < -0.39 is 0 Å². The molecule has 1 aliphatic carbocycles. The number of benzene rings is 1. The molecule has 18 heavy (non-hydrogen) atoms. The van der Waals surface area contributed by atoms with Crippen molar-refractivity contribution in [2.75, 3.05) is 7.05 Å². The fourth-order valence-corrected chi connectivity index (χ4v) is 3.05. The van der Waals surface area contributed by atoms with Crippen LogP contribution >= 0.6 is 0 Å². The molecule has 1 aromatic rings. The van der Waals surface area contributed by atoms with Gasteiger partial charge in [-0.1, -0.05) is 43.7 Å². The van der Waals surface area contributed by atoms with E-state index in [-0.39, 0.29) is 6.10 Å². The molecule has 2 rings (SSSR count). The Labute approximate surface area is 111 Å². The average Bonchev–Trinajstić information content (AvgIpc) is 2.40. The summed E-state index contributed by atoms with van der Waals surface area (Å²) in [5, 5.41) is 10.2. The van der Waals surface area contributed by atoms with E-state index in [1.54, 1.807) is 0 Å². The van der Waals surface area contributed by atoms with Gasteiger partial charge < -0.3 is 5.11 Å². The van der Waals surface area contributed by atoms with Gasteiger partial charge in [-0.2, -0.15) is 0 Å². The van der Waals surface area contributed by atoms with E-state index in [1.165, 1.54) is 18.4 Å². The Kier molecular flexibility index (Phi) is 4.79. The van der Waals surface area contributed by atoms with E-state index in [4.69, 9.17) is 0 Å². The van der Waals surface area contributed by atoms with Gasteiger partial charge in [0.05, 0.1) is 6.10 Å². The molecular weight excluding hydrogens is 222 g/mol. The van der Waals surface area contributed by atoms with Gasteiger partial charge in [-0.25, -0.2) is 0 Å². The molecule has 0 bridgehead atoms. The minimum absolute atomic E-state index is 0.151. The van der Waals surface area contributed by atoms with Crippen LogP contribution in [0.3, 0.4) is 0 Å². The van der Waals surface area contributed by atoms with Crippen LogP contribution in [0.2, 0.25) is 0 Å². The molecule has 3 unspecified atom stereocenters. The molecule has 0 aliphatic heterocycles. The van der Waals surface area contributed by atoms with Gasteiger partial charge in [0.15, 0.2) is 0 Å². The zero-order chi connectivity index (χ0) is 13.0. The normalized spacial score (nSPS) is 28.6. The van der Waals surface area contributed by atoms with Crippen LogP contribution in [0.15, 0.2) is 30.3 Å². The van der Waals surface area contributed by atoms with Crippen LogP contribution in [0.1, 0.15) is 38.2 Å². The molecule has 0 saturated heterocycles. The second kappa shape index (κ2) is 6.35. The quantitative estimate of drug-likeness (QED) is 0.884. The Morgan fingerprint density at radius 3 is 2.61 bits per heavy atom. The van der Waals surface area contributed by atoms with E-state index in [0.29, 0.717) is 6.04 Å². The van der Waals surface area contributed by atoms with Gasteiger partial charge in [-0.05, 0) is 37.8 Å². The fraction of sp³-hybridized carbons (Fsp3) is 0.625. The topological polar surface area (TPSA) is 23.5 Å². The van der Waals surface area contributed by atoms with Crippen LogP contribution in [-0.4, -0.2) is 29.2 Å². The highest BCUT2D eigenvalue weighted by Crippen LogP contribution is 2.30. The zero-order valence-electron chi connectivity index (χ0n) is 11.5. The third-order valence-electron chi connectivity index (χ3n) is 4.31. The molecule has 0 radical (unpaired) electrons. The minimum Gasteiger partial charge on any atom is -0.391 e. The van der Waals surface area contributed by atoms with Gasteiger partial charge in [0.1, 0.15) is 0 Å². The predicted molar refractivity (Wildman–Crippen MR) is 75.3 cm³/mol. The van der Waals surface area contributed by atoms with Gasteiger partial charge >= 0.3 is 0 Å². The lowest BCUT2D eigenvalue weighted by atomic mass is 9.81. The van der Waals surface area contributed by atoms with Crippen LogP contribution in [-0.2, 0) is 6.54 Å². The van der Waals surface area contributed by atoms with Crippen molar-refractivity contribution in [2.45, 2.75) is 51.3 Å². The van der Waals surface area contributed by atoms with Crippen molar-refractivity contribution in [1.82, 2.24) is 4.90 Å². The first-order chi connectivity index (χ1) is 8.70. The number of rotatable bonds is 4. The number of hydrogen-bond acceptors (Lipinski definition) is 2. The molecule has 0 amide bonds. The second-order valence-electron chi connectivity index (χ2n) is 5.62. The van der Waals surface area contributed by atoms with Gasteiger partial charge in [0, 0.05) is 12.6 Å². The first-order valence-electron chi connectivity index (χ1n) is 7.13. The summed E-state index contributed by atoms with van der Waals surface area (Å²) in [6.07, 6.45) is 4.38. The van der Waals surface area contributed by atoms with Gasteiger partial charge in [-0.3, -0.25) is 4.90 Å². The van der Waals surface area contributed by atoms with Crippen molar-refractivity contribution in [2.24, 2.45) is 5.92 Å². The highest BCUT2D eigenvalue weighted by atomic mass is 16.3. The second-order valence-corrected chi connectivity index (χ2v) is 5.62. The Hall–Kier alpha value is -0.860. The van der Waals surface area contributed by atoms with Crippen molar-refractivity contribution in [1.29, 1.82) is 0 Å². The van der Waals surface area contributed by atoms with E-state index in [1.807, 2.05) is 6.07 Å². The van der Waals surface area contributed by atoms with Crippen molar-refractivity contribution < 1.29 is 5.11 Å². The molecule has 0 aromatic heterocycles. The fourth-order valence-electron chi connectivity index (χ4n) is 3.05. The van der Waals surface area contributed by atoms with E-state index >= 15 is 0 Å². The van der Waals surface area contributed by atoms with Crippen molar-refractivity contribution in [3.8, 4) is 0 Å². The summed E-state index contributed by atoms with van der Waals surface area (Å²) in [6, 6.07) is 10.8. The SMILES string of the molecule is CCC1CCC(O)C(N(C)Cc2ccccc2)C1. The lowest BCUT2D eigenvalue weighted by Gasteiger charge is -2.38. The molecule has 1 aliphatic rings. The van der Waals surface area contributed by atoms with Crippen LogP contribution in [0.4, 0.5) is 0 Å². The summed E-state index contributed by atoms with van der Waals surface area (Å²) < 4.78 is 0. The number of aliphatic hydroxyl groups excluding tert-OH is 1. The van der Waals surface area contributed by atoms with Crippen molar-refractivity contribution in [3.63, 3.8) is 0 Å². The third-order valence-corrected chi connectivity index (χ3v) is 4.31. The molecule has 2 nitrogen and oxygen atoms in total. The number of hydrogen-bond donors (Lipinski definition) is 1. The molecule has 0 spiro atoms. The molecule has 3 atom stereocenters. The smallest absolute Gasteiger partial charge is 0.0695 e. The van der Waals surface area contributed by atoms with Crippen LogP contribution < -0.4 is 0 Å². The molecule has 0 heterocycles. The van der Waals surface area contributed by atoms with E-state index in [2.05, 4.69) is 43.1 Å². The monoisotopic (exact) mass is 247 g/mol. The Bertz CT molecular complexity index is 351. The van der Waals surface area contributed by atoms with Crippen molar-refractivity contribution >= 4 is 0 Å². The highest BCUT2D eigenvalue weighted by Gasteiger charge is 2.30. The van der Waals surface area contributed by atoms with E-state index in [0.717, 1.165) is 25.3 Å². The Morgan fingerprint density at radius 1 is 1.22 bits per heavy atom. The lowest BCUT2D eigenvalue weighted by molar-refractivity contribution is 0.0105. The molecule has 1 N–H and O–H groups in total. The maximum Gasteiger partial charge on any atom is 0.0695 e. The van der Waals surface area contributed by atoms with Gasteiger partial charge in [0.25, 0.3) is 0 Å². The maximum atomic E-state index is 10.2. The summed E-state index contributed by atoms with van der Waals surface area (Å²) in [4.78, 5) is 2.32. The number of nitrogens with zero attached hydrogens (tertiary/aromatic N) is 1. The molecule has 1 saturated carbocycles. The minimum atomic E-state index is -0.151. The Morgan fingerprint density at radius 2 is 1.94 bits per heavy atom. The predicted octanol–water partition coefficient (Wildman–Crippen LogP) is 3.06. The summed E-state index contributed by atoms with van der Waals surface area (Å²) in [5.41, 5.74) is 1.32. The zero-order valence-corrected chi connectivity index (χ0v) is 11.5. The molecular formula is C16H25NO. The summed E-state index contributed by atoms with van der Waals surface area (Å²) in [5.74, 6) is 0.789. The molecule has 1 fully saturated rings. The van der Waals surface area contributed by atoms with Gasteiger partial charge in [0.2, 0.25) is 0 Å². The van der Waals surface area contributed by atoms with Crippen LogP contribution in [0, 0.1) is 5.92 Å². The first-order valence-corrected chi connectivity index (χ1v) is 7.13. The maximum absolute atomic E-state index is 10.2. The number of aliphatic hydroxyl groups is 1. The van der Waals surface area contributed by atoms with Crippen LogP contribution in [0.5, 0.6) is 0 Å². The standard InChI is InChI=1S/C16H25NO/c1-3-13-9-10-16(18)15(11-13)17(2)12-14-7-5-4-6-8-14/h4-8,13,15-16,18H,3,9-12H2,1-2H3. The van der Waals surface area contributed by atoms with Gasteiger partial charge in [-0.15, -0.1) is 0 Å². The number of likely N-dealkylation sites (N-methyl/N-ethyl adjacent to an activating group) is 1. The average molecular weight is 247 g/mol. The van der Waals surface area contributed by atoms with Crippen molar-refractivity contribution in [3.05, 3.63) is 35.9 Å².